The van der Waals surface area contributed by atoms with Gasteiger partial charge in [-0.3, -0.25) is 14.4 Å². The molecule has 0 unspecified atom stereocenters. The Kier molecular flexibility index (Phi) is 12.0. The summed E-state index contributed by atoms with van der Waals surface area (Å²) in [6, 6.07) is 7.58. The largest absolute Gasteiger partial charge is 0.491 e. The van der Waals surface area contributed by atoms with Crippen molar-refractivity contribution >= 4 is 17.5 Å². The quantitative estimate of drug-likeness (QED) is 0.102. The molecular weight excluding hydrogens is 672 g/mol. The number of rotatable bonds is 14. The van der Waals surface area contributed by atoms with Crippen molar-refractivity contribution in [2.45, 2.75) is 122 Å². The molecule has 0 heterocycles. The Bertz CT molecular complexity index is 1660. The topological polar surface area (TPSA) is 151 Å². The molecule has 288 valence electrons. The fourth-order valence-electron chi connectivity index (χ4n) is 10.3. The highest BCUT2D eigenvalue weighted by molar-refractivity contribution is 5.92. The Balaban J connectivity index is 0.932. The van der Waals surface area contributed by atoms with Crippen LogP contribution in [0.4, 0.5) is 0 Å². The zero-order chi connectivity index (χ0) is 38.0. The molecule has 5 aliphatic carbocycles. The molecule has 9 heteroatoms. The number of ether oxygens (including phenoxy) is 2. The SMILES string of the molecule is Cc1cccc(OC[C@H](O)/C=C/[C@@H]2[C@@H](C/C=C\CCCC(=O)OCC(=O)[C@@]3(O)CC[C@H]4[C@@H]5CCC6=CC(=O)CC[C@]6(C)C5=CC[C@@]43C)[C@@H](O)C[C@H]2O)c1. The number of aliphatic hydroxyl groups excluding tert-OH is 3. The molecule has 0 spiro atoms. The molecule has 0 amide bonds. The molecule has 3 fully saturated rings. The second-order valence-electron chi connectivity index (χ2n) is 16.8. The fraction of sp³-hybridized carbons (Fsp3) is 0.614. The first kappa shape index (κ1) is 39.3. The molecule has 9 nitrogen and oxygen atoms in total. The minimum absolute atomic E-state index is 0.0793. The van der Waals surface area contributed by atoms with E-state index in [1.54, 1.807) is 12.2 Å². The van der Waals surface area contributed by atoms with E-state index in [0.717, 1.165) is 31.2 Å². The molecular formula is C44H58O9. The number of Topliss-reactive ketones (excluding diaryl/α,β-unsaturated/α-hetero) is 1. The van der Waals surface area contributed by atoms with Gasteiger partial charge in [0, 0.05) is 36.0 Å². The van der Waals surface area contributed by atoms with Gasteiger partial charge in [0.15, 0.2) is 12.4 Å². The van der Waals surface area contributed by atoms with Crippen LogP contribution in [0.25, 0.3) is 0 Å². The summed E-state index contributed by atoms with van der Waals surface area (Å²) in [6.45, 7) is 5.89. The zero-order valence-corrected chi connectivity index (χ0v) is 31.5. The lowest BCUT2D eigenvalue weighted by molar-refractivity contribution is -0.163. The van der Waals surface area contributed by atoms with Crippen molar-refractivity contribution in [2.75, 3.05) is 13.2 Å². The Morgan fingerprint density at radius 2 is 1.89 bits per heavy atom. The first-order valence-corrected chi connectivity index (χ1v) is 19.7. The van der Waals surface area contributed by atoms with Gasteiger partial charge >= 0.3 is 5.97 Å². The monoisotopic (exact) mass is 730 g/mol. The number of allylic oxidation sites excluding steroid dienone is 6. The van der Waals surface area contributed by atoms with Gasteiger partial charge in [0.1, 0.15) is 24.1 Å². The first-order valence-electron chi connectivity index (χ1n) is 19.7. The van der Waals surface area contributed by atoms with E-state index in [0.29, 0.717) is 44.3 Å². The molecule has 0 saturated heterocycles. The van der Waals surface area contributed by atoms with E-state index < -0.39 is 47.7 Å². The summed E-state index contributed by atoms with van der Waals surface area (Å²) in [5.41, 5.74) is 1.37. The first-order chi connectivity index (χ1) is 25.2. The Hall–Kier alpha value is -3.37. The maximum Gasteiger partial charge on any atom is 0.306 e. The molecule has 4 N–H and O–H groups in total. The van der Waals surface area contributed by atoms with Gasteiger partial charge in [0.05, 0.1) is 12.2 Å². The highest BCUT2D eigenvalue weighted by Gasteiger charge is 2.64. The minimum atomic E-state index is -1.55. The van der Waals surface area contributed by atoms with Crippen molar-refractivity contribution < 1.29 is 44.3 Å². The van der Waals surface area contributed by atoms with Crippen molar-refractivity contribution in [3.8, 4) is 5.75 Å². The number of ketones is 2. The van der Waals surface area contributed by atoms with Crippen LogP contribution in [0.15, 0.2) is 71.9 Å². The van der Waals surface area contributed by atoms with Crippen molar-refractivity contribution in [1.82, 2.24) is 0 Å². The van der Waals surface area contributed by atoms with E-state index in [1.165, 1.54) is 11.1 Å². The number of unbranched alkanes of at least 4 members (excludes halogenated alkanes) is 1. The third-order valence-corrected chi connectivity index (χ3v) is 13.5. The number of hydrogen-bond acceptors (Lipinski definition) is 9. The molecule has 0 radical (unpaired) electrons. The molecule has 3 saturated carbocycles. The van der Waals surface area contributed by atoms with Crippen molar-refractivity contribution in [2.24, 2.45) is 34.5 Å². The molecule has 0 bridgehead atoms. The third kappa shape index (κ3) is 8.05. The number of carbonyl (C=O) groups is 3. The molecule has 6 rings (SSSR count). The van der Waals surface area contributed by atoms with E-state index in [9.17, 15) is 34.8 Å². The molecule has 53 heavy (non-hydrogen) atoms. The van der Waals surface area contributed by atoms with Gasteiger partial charge in [-0.2, -0.15) is 0 Å². The Labute approximate surface area is 313 Å². The summed E-state index contributed by atoms with van der Waals surface area (Å²) < 4.78 is 11.1. The zero-order valence-electron chi connectivity index (χ0n) is 31.5. The fourth-order valence-corrected chi connectivity index (χ4v) is 10.3. The smallest absolute Gasteiger partial charge is 0.306 e. The highest BCUT2D eigenvalue weighted by Crippen LogP contribution is 2.65. The van der Waals surface area contributed by atoms with Gasteiger partial charge in [0.25, 0.3) is 0 Å². The summed E-state index contributed by atoms with van der Waals surface area (Å²) in [5.74, 6) is -0.102. The summed E-state index contributed by atoms with van der Waals surface area (Å²) >= 11 is 0. The lowest BCUT2D eigenvalue weighted by Gasteiger charge is -2.54. The number of fused-ring (bicyclic) bond motifs is 5. The van der Waals surface area contributed by atoms with E-state index >= 15 is 0 Å². The van der Waals surface area contributed by atoms with Gasteiger partial charge in [-0.05, 0) is 106 Å². The van der Waals surface area contributed by atoms with Gasteiger partial charge in [-0.15, -0.1) is 0 Å². The van der Waals surface area contributed by atoms with E-state index in [1.807, 2.05) is 56.3 Å². The molecule has 0 aromatic heterocycles. The Morgan fingerprint density at radius 3 is 2.68 bits per heavy atom. The average molecular weight is 731 g/mol. The molecule has 5 aliphatic rings. The second kappa shape index (κ2) is 16.2. The number of carbonyl (C=O) groups excluding carboxylic acids is 3. The number of hydrogen-bond donors (Lipinski definition) is 4. The molecule has 1 aromatic carbocycles. The van der Waals surface area contributed by atoms with Gasteiger partial charge < -0.3 is 29.9 Å². The van der Waals surface area contributed by atoms with E-state index in [-0.39, 0.29) is 54.3 Å². The van der Waals surface area contributed by atoms with E-state index in [4.69, 9.17) is 9.47 Å². The summed E-state index contributed by atoms with van der Waals surface area (Å²) in [4.78, 5) is 38.3. The molecule has 1 aromatic rings. The van der Waals surface area contributed by atoms with Crippen LogP contribution in [0, 0.1) is 41.4 Å². The summed E-state index contributed by atoms with van der Waals surface area (Å²) in [5, 5.41) is 43.5. The maximum atomic E-state index is 13.6. The van der Waals surface area contributed by atoms with Crippen LogP contribution in [0.2, 0.25) is 0 Å². The van der Waals surface area contributed by atoms with Crippen LogP contribution in [0.3, 0.4) is 0 Å². The summed E-state index contributed by atoms with van der Waals surface area (Å²) in [7, 11) is 0. The van der Waals surface area contributed by atoms with Crippen LogP contribution in [-0.2, 0) is 19.1 Å². The number of aryl methyl sites for hydroxylation is 1. The summed E-state index contributed by atoms with van der Waals surface area (Å²) in [6.07, 6.45) is 16.1. The van der Waals surface area contributed by atoms with Crippen LogP contribution in [-0.4, -0.2) is 75.1 Å². The maximum absolute atomic E-state index is 13.6. The number of esters is 1. The van der Waals surface area contributed by atoms with Crippen LogP contribution in [0.5, 0.6) is 5.75 Å². The van der Waals surface area contributed by atoms with Crippen LogP contribution in [0.1, 0.15) is 96.5 Å². The second-order valence-corrected chi connectivity index (χ2v) is 16.8. The van der Waals surface area contributed by atoms with Crippen LogP contribution < -0.4 is 4.74 Å². The van der Waals surface area contributed by atoms with Crippen LogP contribution >= 0.6 is 0 Å². The van der Waals surface area contributed by atoms with Crippen molar-refractivity contribution in [1.29, 1.82) is 0 Å². The molecule has 10 atom stereocenters. The third-order valence-electron chi connectivity index (χ3n) is 13.5. The minimum Gasteiger partial charge on any atom is -0.491 e. The van der Waals surface area contributed by atoms with Crippen molar-refractivity contribution in [3.63, 3.8) is 0 Å². The van der Waals surface area contributed by atoms with Gasteiger partial charge in [-0.1, -0.05) is 67.5 Å². The normalized spacial score (nSPS) is 35.7. The standard InChI is InChI=1S/C44H58O9/c1-28-9-8-10-32(23-28)52-26-31(46)14-16-34-33(38(47)25-39(34)48)11-6-4-5-7-12-41(50)53-27-40(49)44(51)22-19-37-35-15-13-29-24-30(45)17-20-42(29,2)36(35)18-21-43(37,44)3/h4,6,8-10,14,16,18,23-24,31,33-35,37-39,46-48,51H,5,7,11-13,15,17,19-22,25-27H2,1-3H3/b6-4-,16-14+/t31-,33-,34-,35-,37+,38+,39-,42+,43+,44+/m1/s1. The van der Waals surface area contributed by atoms with Gasteiger partial charge in [-0.25, -0.2) is 0 Å². The lowest BCUT2D eigenvalue weighted by atomic mass is 9.50. The van der Waals surface area contributed by atoms with Gasteiger partial charge in [0.2, 0.25) is 5.78 Å². The number of benzene rings is 1. The average Bonchev–Trinajstić information content (AvgIpc) is 3.56. The predicted octanol–water partition coefficient (Wildman–Crippen LogP) is 6.06. The van der Waals surface area contributed by atoms with E-state index in [2.05, 4.69) is 13.0 Å². The number of aliphatic hydroxyl groups is 4. The predicted molar refractivity (Wildman–Crippen MR) is 201 cm³/mol. The highest BCUT2D eigenvalue weighted by atomic mass is 16.5. The van der Waals surface area contributed by atoms with Crippen molar-refractivity contribution in [3.05, 3.63) is 77.4 Å². The Morgan fingerprint density at radius 1 is 1.08 bits per heavy atom. The lowest BCUT2D eigenvalue weighted by Crippen LogP contribution is -2.55. The molecule has 0 aliphatic heterocycles.